The van der Waals surface area contributed by atoms with Gasteiger partial charge in [0.2, 0.25) is 0 Å². The molecule has 0 fully saturated rings. The van der Waals surface area contributed by atoms with E-state index in [0.717, 1.165) is 70.6 Å². The normalized spacial score (nSPS) is 15.7. The van der Waals surface area contributed by atoms with Crippen LogP contribution in [0.15, 0.2) is 72.9 Å². The zero-order valence-corrected chi connectivity index (χ0v) is 41.9. The third kappa shape index (κ3) is 46.6. The van der Waals surface area contributed by atoms with E-state index < -0.39 is 85.5 Å². The predicted molar refractivity (Wildman–Crippen MR) is 260 cm³/mol. The maximum atomic E-state index is 12.2. The number of hydrogen-bond acceptors (Lipinski definition) is 13. The van der Waals surface area contributed by atoms with E-state index in [1.54, 1.807) is 0 Å². The van der Waals surface area contributed by atoms with Crippen LogP contribution in [-0.2, 0) is 46.3 Å². The summed E-state index contributed by atoms with van der Waals surface area (Å²) in [6.07, 6.45) is 44.6. The fraction of sp³-hybridized carbons (Fsp3) is 0.714. The Hall–Kier alpha value is -2.52. The zero-order valence-electron chi connectivity index (χ0n) is 40.1. The van der Waals surface area contributed by atoms with Crippen LogP contribution in [0.4, 0.5) is 0 Å². The molecule has 0 aliphatic rings. The second-order valence-corrected chi connectivity index (χ2v) is 19.1. The highest BCUT2D eigenvalue weighted by Crippen LogP contribution is 2.45. The number of unbranched alkanes of at least 4 members (excludes halogenated alkanes) is 17. The molecule has 0 rings (SSSR count). The van der Waals surface area contributed by atoms with Gasteiger partial charge in [-0.1, -0.05) is 164 Å². The van der Waals surface area contributed by atoms with Gasteiger partial charge >= 0.3 is 27.6 Å². The molecule has 66 heavy (non-hydrogen) atoms. The average Bonchev–Trinajstić information content (AvgIpc) is 3.29. The zero-order chi connectivity index (χ0) is 48.8. The number of phosphoric ester groups is 2. The molecule has 0 heterocycles. The molecule has 0 spiro atoms. The fourth-order valence-corrected chi connectivity index (χ4v) is 7.55. The van der Waals surface area contributed by atoms with E-state index in [9.17, 15) is 43.8 Å². The molecule has 0 saturated heterocycles. The van der Waals surface area contributed by atoms with Crippen LogP contribution in [0.5, 0.6) is 0 Å². The molecule has 5 N–H and O–H groups in total. The second-order valence-electron chi connectivity index (χ2n) is 16.2. The number of ether oxygens (including phenoxy) is 2. The molecule has 382 valence electrons. The molecule has 0 aliphatic carbocycles. The van der Waals surface area contributed by atoms with E-state index in [1.165, 1.54) is 57.8 Å². The third-order valence-corrected chi connectivity index (χ3v) is 11.6. The summed E-state index contributed by atoms with van der Waals surface area (Å²) in [7, 11) is -9.59. The Kier molecular flexibility index (Phi) is 43.2. The molecule has 0 radical (unpaired) electrons. The van der Waals surface area contributed by atoms with Gasteiger partial charge in [-0.15, -0.1) is 0 Å². The van der Waals surface area contributed by atoms with Crippen LogP contribution in [0.1, 0.15) is 168 Å². The summed E-state index contributed by atoms with van der Waals surface area (Å²) in [5.74, 6) is -1.02. The summed E-state index contributed by atoms with van der Waals surface area (Å²) in [6.45, 7) is 0.214. The summed E-state index contributed by atoms with van der Waals surface area (Å²) in [6, 6.07) is 0. The topological polar surface area (TPSA) is 225 Å². The molecule has 0 aromatic heterocycles. The number of aliphatic hydroxyl groups is 3. The molecular weight excluding hydrogens is 890 g/mol. The van der Waals surface area contributed by atoms with Gasteiger partial charge in [-0.2, -0.15) is 0 Å². The number of esters is 2. The van der Waals surface area contributed by atoms with E-state index in [-0.39, 0.29) is 12.8 Å². The smallest absolute Gasteiger partial charge is 0.463 e. The van der Waals surface area contributed by atoms with Crippen molar-refractivity contribution in [2.75, 3.05) is 39.6 Å². The minimum absolute atomic E-state index is 0.167. The maximum absolute atomic E-state index is 12.2. The Labute approximate surface area is 396 Å². The summed E-state index contributed by atoms with van der Waals surface area (Å²) in [5.41, 5.74) is 0. The first-order valence-electron chi connectivity index (χ1n) is 24.3. The van der Waals surface area contributed by atoms with Crippen molar-refractivity contribution in [1.82, 2.24) is 0 Å². The lowest BCUT2D eigenvalue weighted by atomic mass is 10.1. The van der Waals surface area contributed by atoms with Crippen molar-refractivity contribution in [2.24, 2.45) is 0 Å². The first-order chi connectivity index (χ1) is 31.8. The van der Waals surface area contributed by atoms with Crippen LogP contribution in [0.2, 0.25) is 0 Å². The number of carbonyl (C=O) groups excluding carboxylic acids is 2. The molecular formula is C49H86O15P2. The largest absolute Gasteiger partial charge is 0.472 e. The minimum Gasteiger partial charge on any atom is -0.463 e. The number of rotatable bonds is 46. The van der Waals surface area contributed by atoms with Gasteiger partial charge in [0.05, 0.1) is 26.4 Å². The molecule has 0 aromatic carbocycles. The van der Waals surface area contributed by atoms with Crippen molar-refractivity contribution >= 4 is 27.6 Å². The highest BCUT2D eigenvalue weighted by Gasteiger charge is 2.28. The van der Waals surface area contributed by atoms with E-state index >= 15 is 0 Å². The number of carbonyl (C=O) groups is 2. The van der Waals surface area contributed by atoms with Gasteiger partial charge in [0.15, 0.2) is 0 Å². The summed E-state index contributed by atoms with van der Waals surface area (Å²) in [4.78, 5) is 43.8. The molecule has 0 bridgehead atoms. The Morgan fingerprint density at radius 1 is 0.424 bits per heavy atom. The maximum Gasteiger partial charge on any atom is 0.472 e. The van der Waals surface area contributed by atoms with Crippen LogP contribution in [0.25, 0.3) is 0 Å². The highest BCUT2D eigenvalue weighted by molar-refractivity contribution is 7.47. The van der Waals surface area contributed by atoms with Crippen LogP contribution >= 0.6 is 15.6 Å². The van der Waals surface area contributed by atoms with Gasteiger partial charge in [0.25, 0.3) is 0 Å². The van der Waals surface area contributed by atoms with Gasteiger partial charge < -0.3 is 34.6 Å². The lowest BCUT2D eigenvalue weighted by Gasteiger charge is -2.19. The van der Waals surface area contributed by atoms with Crippen molar-refractivity contribution in [3.8, 4) is 0 Å². The van der Waals surface area contributed by atoms with Gasteiger partial charge in [-0.25, -0.2) is 9.13 Å². The SMILES string of the molecule is CC/C=C/C=C/C=C/C=C\CCCCCCCC(=O)OCC(O)COP(=O)(O)OCC(O)COP(=O)(O)OCC(O)COC(=O)CCCCCCCCCCC/C=C\C/C=C\CCCCC. The molecule has 5 atom stereocenters. The quantitative estimate of drug-likeness (QED) is 0.0126. The molecule has 15 nitrogen and oxygen atoms in total. The van der Waals surface area contributed by atoms with Crippen LogP contribution in [0.3, 0.4) is 0 Å². The molecule has 0 aromatic rings. The van der Waals surface area contributed by atoms with Crippen molar-refractivity contribution < 1.29 is 71.4 Å². The number of hydrogen-bond donors (Lipinski definition) is 5. The summed E-state index contributed by atoms with van der Waals surface area (Å²) >= 11 is 0. The second kappa shape index (κ2) is 45.0. The molecule has 5 unspecified atom stereocenters. The fourth-order valence-electron chi connectivity index (χ4n) is 5.96. The van der Waals surface area contributed by atoms with E-state index in [0.29, 0.717) is 12.8 Å². The predicted octanol–water partition coefficient (Wildman–Crippen LogP) is 11.2. The Morgan fingerprint density at radius 3 is 1.17 bits per heavy atom. The van der Waals surface area contributed by atoms with E-state index in [4.69, 9.17) is 9.47 Å². The monoisotopic (exact) mass is 977 g/mol. The molecule has 0 saturated carbocycles. The Balaban J connectivity index is 3.90. The Bertz CT molecular complexity index is 1460. The lowest BCUT2D eigenvalue weighted by Crippen LogP contribution is -2.25. The van der Waals surface area contributed by atoms with Crippen molar-refractivity contribution in [3.05, 3.63) is 72.9 Å². The number of phosphoric acid groups is 2. The van der Waals surface area contributed by atoms with Gasteiger partial charge in [-0.05, 0) is 64.2 Å². The molecule has 0 aliphatic heterocycles. The van der Waals surface area contributed by atoms with Gasteiger partial charge in [0, 0.05) is 12.8 Å². The van der Waals surface area contributed by atoms with Crippen molar-refractivity contribution in [1.29, 1.82) is 0 Å². The van der Waals surface area contributed by atoms with Crippen molar-refractivity contribution in [2.45, 2.75) is 186 Å². The average molecular weight is 977 g/mol. The van der Waals surface area contributed by atoms with Gasteiger partial charge in [-0.3, -0.25) is 27.7 Å². The van der Waals surface area contributed by atoms with E-state index in [2.05, 4.69) is 68.4 Å². The minimum atomic E-state index is -4.79. The third-order valence-electron chi connectivity index (χ3n) is 9.74. The molecule has 17 heteroatoms. The van der Waals surface area contributed by atoms with Crippen molar-refractivity contribution in [3.63, 3.8) is 0 Å². The molecule has 0 amide bonds. The first kappa shape index (κ1) is 63.5. The van der Waals surface area contributed by atoms with E-state index in [1.807, 2.05) is 36.5 Å². The standard InChI is InChI=1S/C49H86O15P2/c1-3-5-7-9-11-13-15-17-19-20-21-22-24-26-28-30-32-34-36-38-49(54)60-40-46(51)42-62-66(57,58)64-44-47(52)43-63-65(55,56)61-41-45(50)39-59-48(53)37-35-33-31-29-27-25-23-18-16-14-12-10-8-6-4-2/h6,8,10-14,16-19,23,45-47,50-52H,3-5,7,9,15,20-22,24-44H2,1-2H3,(H,55,56)(H,57,58)/b8-6+,12-10+,13-11-,16-14+,19-17-,23-18-. The first-order valence-corrected chi connectivity index (χ1v) is 27.3. The highest BCUT2D eigenvalue weighted by atomic mass is 31.2. The number of allylic oxidation sites excluding steroid dienone is 12. The summed E-state index contributed by atoms with van der Waals surface area (Å²) in [5, 5.41) is 30.0. The Morgan fingerprint density at radius 2 is 0.758 bits per heavy atom. The van der Waals surface area contributed by atoms with Crippen LogP contribution < -0.4 is 0 Å². The van der Waals surface area contributed by atoms with Gasteiger partial charge in [0.1, 0.15) is 31.5 Å². The summed E-state index contributed by atoms with van der Waals surface area (Å²) < 4.78 is 53.0. The van der Waals surface area contributed by atoms with Crippen LogP contribution in [0, 0.1) is 0 Å². The number of aliphatic hydroxyl groups excluding tert-OH is 3. The van der Waals surface area contributed by atoms with Crippen LogP contribution in [-0.4, -0.2) is 95.0 Å². The lowest BCUT2D eigenvalue weighted by molar-refractivity contribution is -0.148.